The first kappa shape index (κ1) is 18.6. The Labute approximate surface area is 149 Å². The smallest absolute Gasteiger partial charge is 0.319 e. The summed E-state index contributed by atoms with van der Waals surface area (Å²) in [7, 11) is 0. The molecule has 25 heavy (non-hydrogen) atoms. The van der Waals surface area contributed by atoms with Crippen molar-refractivity contribution in [3.63, 3.8) is 0 Å². The van der Waals surface area contributed by atoms with Crippen molar-refractivity contribution in [1.29, 1.82) is 0 Å². The lowest BCUT2D eigenvalue weighted by molar-refractivity contribution is 0.247. The molecule has 0 saturated heterocycles. The second-order valence-electron chi connectivity index (χ2n) is 5.96. The van der Waals surface area contributed by atoms with E-state index in [0.717, 1.165) is 42.0 Å². The molecule has 134 valence electrons. The van der Waals surface area contributed by atoms with Crippen LogP contribution in [0.2, 0.25) is 0 Å². The monoisotopic (exact) mass is 341 g/mol. The van der Waals surface area contributed by atoms with Crippen molar-refractivity contribution in [3.8, 4) is 11.5 Å². The number of hydrogen-bond acceptors (Lipinski definition) is 3. The van der Waals surface area contributed by atoms with Gasteiger partial charge in [0, 0.05) is 17.4 Å². The number of nitrogen functional groups attached to an aromatic ring is 1. The minimum atomic E-state index is -0.178. The third-order valence-corrected chi connectivity index (χ3v) is 4.13. The lowest BCUT2D eigenvalue weighted by Gasteiger charge is -2.16. The van der Waals surface area contributed by atoms with Crippen molar-refractivity contribution in [2.45, 2.75) is 46.1 Å². The highest BCUT2D eigenvalue weighted by atomic mass is 16.5. The summed E-state index contributed by atoms with van der Waals surface area (Å²) in [5.74, 6) is 1.51. The minimum Gasteiger partial charge on any atom is -0.457 e. The Balaban J connectivity index is 2.07. The summed E-state index contributed by atoms with van der Waals surface area (Å²) in [6, 6.07) is 13.0. The van der Waals surface area contributed by atoms with E-state index in [1.807, 2.05) is 30.3 Å². The SMILES string of the molecule is CCc1cc(NC(=O)NC(CC)CC)ccc1Oc1ccc(N)cc1. The van der Waals surface area contributed by atoms with Crippen LogP contribution in [-0.2, 0) is 6.42 Å². The molecule has 0 aromatic heterocycles. The number of benzene rings is 2. The zero-order chi connectivity index (χ0) is 18.2. The lowest BCUT2D eigenvalue weighted by Crippen LogP contribution is -2.37. The van der Waals surface area contributed by atoms with Gasteiger partial charge in [0.1, 0.15) is 11.5 Å². The van der Waals surface area contributed by atoms with Crippen molar-refractivity contribution >= 4 is 17.4 Å². The Morgan fingerprint density at radius 2 is 1.76 bits per heavy atom. The van der Waals surface area contributed by atoms with Crippen molar-refractivity contribution < 1.29 is 9.53 Å². The third kappa shape index (κ3) is 5.41. The van der Waals surface area contributed by atoms with E-state index in [4.69, 9.17) is 10.5 Å². The number of hydrogen-bond donors (Lipinski definition) is 3. The molecule has 0 unspecified atom stereocenters. The molecule has 2 rings (SSSR count). The lowest BCUT2D eigenvalue weighted by atomic mass is 10.1. The van der Waals surface area contributed by atoms with Crippen LogP contribution in [0.1, 0.15) is 39.2 Å². The molecule has 0 aliphatic heterocycles. The maximum Gasteiger partial charge on any atom is 0.319 e. The molecule has 0 radical (unpaired) electrons. The normalized spacial score (nSPS) is 10.6. The van der Waals surface area contributed by atoms with Crippen LogP contribution in [0.4, 0.5) is 16.2 Å². The molecule has 4 N–H and O–H groups in total. The van der Waals surface area contributed by atoms with E-state index in [1.165, 1.54) is 0 Å². The van der Waals surface area contributed by atoms with Crippen molar-refractivity contribution in [2.24, 2.45) is 0 Å². The van der Waals surface area contributed by atoms with Crippen LogP contribution in [0.25, 0.3) is 0 Å². The molecule has 0 saturated carbocycles. The minimum absolute atomic E-state index is 0.178. The van der Waals surface area contributed by atoms with Crippen molar-refractivity contribution in [3.05, 3.63) is 48.0 Å². The first-order valence-corrected chi connectivity index (χ1v) is 8.79. The van der Waals surface area contributed by atoms with Gasteiger partial charge in [-0.05, 0) is 67.3 Å². The molecule has 0 atom stereocenters. The fraction of sp³-hybridized carbons (Fsp3) is 0.350. The van der Waals surface area contributed by atoms with E-state index in [0.29, 0.717) is 5.69 Å². The van der Waals surface area contributed by atoms with Crippen LogP contribution in [0.5, 0.6) is 11.5 Å². The highest BCUT2D eigenvalue weighted by molar-refractivity contribution is 5.89. The van der Waals surface area contributed by atoms with Gasteiger partial charge in [-0.15, -0.1) is 0 Å². The summed E-state index contributed by atoms with van der Waals surface area (Å²) in [5, 5.41) is 5.86. The first-order chi connectivity index (χ1) is 12.0. The van der Waals surface area contributed by atoms with Gasteiger partial charge in [0.25, 0.3) is 0 Å². The van der Waals surface area contributed by atoms with Crippen molar-refractivity contribution in [1.82, 2.24) is 5.32 Å². The van der Waals surface area contributed by atoms with Gasteiger partial charge in [-0.25, -0.2) is 4.79 Å². The van der Waals surface area contributed by atoms with Crippen LogP contribution in [-0.4, -0.2) is 12.1 Å². The van der Waals surface area contributed by atoms with Gasteiger partial charge in [0.2, 0.25) is 0 Å². The number of carbonyl (C=O) groups excluding carboxylic acids is 1. The zero-order valence-electron chi connectivity index (χ0n) is 15.1. The molecule has 0 heterocycles. The van der Waals surface area contributed by atoms with Crippen molar-refractivity contribution in [2.75, 3.05) is 11.1 Å². The topological polar surface area (TPSA) is 76.4 Å². The summed E-state index contributed by atoms with van der Waals surface area (Å²) in [4.78, 5) is 12.1. The Morgan fingerprint density at radius 1 is 1.08 bits per heavy atom. The molecule has 0 fully saturated rings. The van der Waals surface area contributed by atoms with Gasteiger partial charge in [0.05, 0.1) is 0 Å². The van der Waals surface area contributed by atoms with E-state index in [2.05, 4.69) is 31.4 Å². The number of carbonyl (C=O) groups is 1. The quantitative estimate of drug-likeness (QED) is 0.625. The van der Waals surface area contributed by atoms with Gasteiger partial charge >= 0.3 is 6.03 Å². The van der Waals surface area contributed by atoms with Crippen LogP contribution in [0.3, 0.4) is 0 Å². The van der Waals surface area contributed by atoms with Gasteiger partial charge < -0.3 is 21.1 Å². The summed E-state index contributed by atoms with van der Waals surface area (Å²) in [5.41, 5.74) is 8.17. The predicted molar refractivity (Wildman–Crippen MR) is 103 cm³/mol. The van der Waals surface area contributed by atoms with E-state index in [-0.39, 0.29) is 12.1 Å². The predicted octanol–water partition coefficient (Wildman–Crippen LogP) is 4.93. The second kappa shape index (κ2) is 8.97. The standard InChI is InChI=1S/C20H27N3O2/c1-4-14-13-17(23-20(24)22-16(5-2)6-3)9-12-19(14)25-18-10-7-15(21)8-11-18/h7-13,16H,4-6,21H2,1-3H3,(H2,22,23,24). The number of nitrogens with two attached hydrogens (primary N) is 1. The van der Waals surface area contributed by atoms with E-state index in [1.54, 1.807) is 12.1 Å². The second-order valence-corrected chi connectivity index (χ2v) is 5.96. The number of ether oxygens (including phenoxy) is 1. The fourth-order valence-corrected chi connectivity index (χ4v) is 2.54. The van der Waals surface area contributed by atoms with Gasteiger partial charge in [0.15, 0.2) is 0 Å². The average Bonchev–Trinajstić information content (AvgIpc) is 2.62. The van der Waals surface area contributed by atoms with Gasteiger partial charge in [-0.2, -0.15) is 0 Å². The molecule has 0 spiro atoms. The molecule has 0 aliphatic carbocycles. The van der Waals surface area contributed by atoms with Crippen LogP contribution < -0.4 is 21.1 Å². The van der Waals surface area contributed by atoms with Crippen LogP contribution >= 0.6 is 0 Å². The molecule has 0 bridgehead atoms. The molecular formula is C20H27N3O2. The number of anilines is 2. The molecule has 2 aromatic carbocycles. The number of rotatable bonds is 7. The van der Waals surface area contributed by atoms with Gasteiger partial charge in [-0.1, -0.05) is 20.8 Å². The average molecular weight is 341 g/mol. The molecule has 5 nitrogen and oxygen atoms in total. The summed E-state index contributed by atoms with van der Waals surface area (Å²) < 4.78 is 5.93. The Hall–Kier alpha value is -2.69. The largest absolute Gasteiger partial charge is 0.457 e. The Kier molecular flexibility index (Phi) is 6.69. The van der Waals surface area contributed by atoms with E-state index >= 15 is 0 Å². The fourth-order valence-electron chi connectivity index (χ4n) is 2.54. The highest BCUT2D eigenvalue weighted by Gasteiger charge is 2.10. The number of urea groups is 1. The van der Waals surface area contributed by atoms with Crippen LogP contribution in [0.15, 0.2) is 42.5 Å². The molecule has 2 aromatic rings. The number of amides is 2. The Morgan fingerprint density at radius 3 is 2.36 bits per heavy atom. The van der Waals surface area contributed by atoms with E-state index < -0.39 is 0 Å². The Bertz CT molecular complexity index is 695. The molecule has 2 amide bonds. The van der Waals surface area contributed by atoms with Crippen LogP contribution in [0, 0.1) is 0 Å². The third-order valence-electron chi connectivity index (χ3n) is 4.13. The summed E-state index contributed by atoms with van der Waals surface area (Å²) >= 11 is 0. The molecule has 5 heteroatoms. The zero-order valence-corrected chi connectivity index (χ0v) is 15.1. The molecule has 0 aliphatic rings. The molecular weight excluding hydrogens is 314 g/mol. The number of aryl methyl sites for hydroxylation is 1. The summed E-state index contributed by atoms with van der Waals surface area (Å²) in [6.45, 7) is 6.18. The van der Waals surface area contributed by atoms with Gasteiger partial charge in [-0.3, -0.25) is 0 Å². The highest BCUT2D eigenvalue weighted by Crippen LogP contribution is 2.28. The first-order valence-electron chi connectivity index (χ1n) is 8.79. The maximum atomic E-state index is 12.1. The maximum absolute atomic E-state index is 12.1. The van der Waals surface area contributed by atoms with E-state index in [9.17, 15) is 4.79 Å². The summed E-state index contributed by atoms with van der Waals surface area (Å²) in [6.07, 6.45) is 2.63. The number of nitrogens with one attached hydrogen (secondary N) is 2.